The molecule has 1 aliphatic rings. The Hall–Kier alpha value is -3.54. The monoisotopic (exact) mass is 372 g/mol. The molecule has 6 nitrogen and oxygen atoms in total. The molecule has 0 atom stereocenters. The molecule has 0 unspecified atom stereocenters. The predicted octanol–water partition coefficient (Wildman–Crippen LogP) is 3.62. The molecular weight excluding hydrogens is 352 g/mol. The number of hydrogen-bond donors (Lipinski definition) is 1. The van der Waals surface area contributed by atoms with Gasteiger partial charge in [-0.05, 0) is 48.7 Å². The fourth-order valence-electron chi connectivity index (χ4n) is 3.31. The highest BCUT2D eigenvalue weighted by Gasteiger charge is 2.22. The maximum atomic E-state index is 12.9. The zero-order chi connectivity index (χ0) is 19.5. The molecule has 3 aromatic rings. The van der Waals surface area contributed by atoms with Crippen LogP contribution in [0.4, 0.5) is 11.5 Å². The van der Waals surface area contributed by atoms with Crippen LogP contribution in [0, 0.1) is 0 Å². The molecule has 0 saturated carbocycles. The number of nitrogens with one attached hydrogen (secondary N) is 1. The van der Waals surface area contributed by atoms with Gasteiger partial charge in [-0.1, -0.05) is 24.3 Å². The lowest BCUT2D eigenvalue weighted by atomic mass is 10.00. The van der Waals surface area contributed by atoms with Gasteiger partial charge in [0.1, 0.15) is 17.8 Å². The zero-order valence-corrected chi connectivity index (χ0v) is 15.6. The van der Waals surface area contributed by atoms with Crippen molar-refractivity contribution in [1.29, 1.82) is 0 Å². The van der Waals surface area contributed by atoms with Crippen molar-refractivity contribution in [1.82, 2.24) is 14.9 Å². The molecule has 0 saturated heterocycles. The number of nitrogens with zero attached hydrogens (tertiary/aromatic N) is 3. The lowest BCUT2D eigenvalue weighted by Gasteiger charge is -2.28. The van der Waals surface area contributed by atoms with Crippen LogP contribution in [-0.4, -0.2) is 33.1 Å². The summed E-state index contributed by atoms with van der Waals surface area (Å²) in [6, 6.07) is 17.0. The molecule has 28 heavy (non-hydrogen) atoms. The SMILES string of the molecule is CC(=O)c1ccc(Nc2cc(C(=O)N3CCc4ccccc4C3)ncn2)cc1. The Kier molecular flexibility index (Phi) is 4.85. The molecule has 0 bridgehead atoms. The van der Waals surface area contributed by atoms with Gasteiger partial charge in [-0.25, -0.2) is 9.97 Å². The number of fused-ring (bicyclic) bond motifs is 1. The summed E-state index contributed by atoms with van der Waals surface area (Å²) >= 11 is 0. The lowest BCUT2D eigenvalue weighted by Crippen LogP contribution is -2.36. The first-order valence-corrected chi connectivity index (χ1v) is 9.16. The molecule has 0 aliphatic carbocycles. The third-order valence-corrected chi connectivity index (χ3v) is 4.87. The number of benzene rings is 2. The van der Waals surface area contributed by atoms with Gasteiger partial charge in [-0.2, -0.15) is 0 Å². The smallest absolute Gasteiger partial charge is 0.272 e. The quantitative estimate of drug-likeness (QED) is 0.708. The first kappa shape index (κ1) is 17.9. The molecule has 1 N–H and O–H groups in total. The molecule has 1 amide bonds. The van der Waals surface area contributed by atoms with Crippen LogP contribution in [0.2, 0.25) is 0 Å². The minimum Gasteiger partial charge on any atom is -0.340 e. The van der Waals surface area contributed by atoms with Crippen molar-refractivity contribution in [2.45, 2.75) is 19.9 Å². The Bertz CT molecular complexity index is 1030. The summed E-state index contributed by atoms with van der Waals surface area (Å²) in [7, 11) is 0. The number of ketones is 1. The Labute approximate surface area is 163 Å². The van der Waals surface area contributed by atoms with Gasteiger partial charge < -0.3 is 10.2 Å². The average molecular weight is 372 g/mol. The summed E-state index contributed by atoms with van der Waals surface area (Å²) in [5, 5.41) is 3.15. The van der Waals surface area contributed by atoms with E-state index in [1.54, 1.807) is 18.2 Å². The summed E-state index contributed by atoms with van der Waals surface area (Å²) in [6.07, 6.45) is 2.23. The van der Waals surface area contributed by atoms with Gasteiger partial charge >= 0.3 is 0 Å². The van der Waals surface area contributed by atoms with Crippen LogP contribution in [0.5, 0.6) is 0 Å². The fourth-order valence-corrected chi connectivity index (χ4v) is 3.31. The van der Waals surface area contributed by atoms with Gasteiger partial charge in [0.15, 0.2) is 5.78 Å². The summed E-state index contributed by atoms with van der Waals surface area (Å²) in [6.45, 7) is 2.80. The largest absolute Gasteiger partial charge is 0.340 e. The number of Topliss-reactive ketones (excluding diaryl/α,β-unsaturated/α-hetero) is 1. The average Bonchev–Trinajstić information content (AvgIpc) is 2.73. The number of carbonyl (C=O) groups excluding carboxylic acids is 2. The van der Waals surface area contributed by atoms with Gasteiger partial charge in [-0.3, -0.25) is 9.59 Å². The van der Waals surface area contributed by atoms with E-state index in [4.69, 9.17) is 0 Å². The maximum absolute atomic E-state index is 12.9. The second kappa shape index (κ2) is 7.60. The molecule has 1 aromatic heterocycles. The number of hydrogen-bond acceptors (Lipinski definition) is 5. The minimum absolute atomic E-state index is 0.0181. The summed E-state index contributed by atoms with van der Waals surface area (Å²) in [5.41, 5.74) is 4.27. The summed E-state index contributed by atoms with van der Waals surface area (Å²) < 4.78 is 0. The molecule has 0 fully saturated rings. The van der Waals surface area contributed by atoms with Crippen molar-refractivity contribution in [3.05, 3.63) is 83.3 Å². The topological polar surface area (TPSA) is 75.2 Å². The van der Waals surface area contributed by atoms with E-state index >= 15 is 0 Å². The minimum atomic E-state index is -0.105. The van der Waals surface area contributed by atoms with Crippen LogP contribution >= 0.6 is 0 Å². The van der Waals surface area contributed by atoms with Crippen LogP contribution in [-0.2, 0) is 13.0 Å². The fraction of sp³-hybridized carbons (Fsp3) is 0.182. The van der Waals surface area contributed by atoms with E-state index in [2.05, 4.69) is 27.4 Å². The number of carbonyl (C=O) groups is 2. The van der Waals surface area contributed by atoms with E-state index in [0.717, 1.165) is 12.1 Å². The van der Waals surface area contributed by atoms with Gasteiger partial charge in [0.05, 0.1) is 0 Å². The number of aromatic nitrogens is 2. The van der Waals surface area contributed by atoms with Gasteiger partial charge in [0.2, 0.25) is 0 Å². The number of rotatable bonds is 4. The predicted molar refractivity (Wildman–Crippen MR) is 107 cm³/mol. The van der Waals surface area contributed by atoms with Gasteiger partial charge in [-0.15, -0.1) is 0 Å². The van der Waals surface area contributed by atoms with Crippen LogP contribution < -0.4 is 5.32 Å². The summed E-state index contributed by atoms with van der Waals surface area (Å²) in [5.74, 6) is 0.447. The van der Waals surface area contributed by atoms with Gasteiger partial charge in [0.25, 0.3) is 5.91 Å². The normalized spacial score (nSPS) is 13.0. The third-order valence-electron chi connectivity index (χ3n) is 4.87. The van der Waals surface area contributed by atoms with E-state index in [1.807, 2.05) is 29.2 Å². The Morgan fingerprint density at radius 3 is 2.50 bits per heavy atom. The first-order valence-electron chi connectivity index (χ1n) is 9.16. The second-order valence-electron chi connectivity index (χ2n) is 6.79. The highest BCUT2D eigenvalue weighted by molar-refractivity contribution is 5.94. The van der Waals surface area contributed by atoms with Crippen LogP contribution in [0.15, 0.2) is 60.9 Å². The van der Waals surface area contributed by atoms with Crippen LogP contribution in [0.3, 0.4) is 0 Å². The molecule has 6 heteroatoms. The van der Waals surface area contributed by atoms with E-state index in [0.29, 0.717) is 30.2 Å². The third kappa shape index (κ3) is 3.76. The Balaban J connectivity index is 1.49. The standard InChI is InChI=1S/C22H20N4O2/c1-15(27)16-6-8-19(9-7-16)25-21-12-20(23-14-24-21)22(28)26-11-10-17-4-2-3-5-18(17)13-26/h2-9,12,14H,10-11,13H2,1H3,(H,23,24,25). The van der Waals surface area contributed by atoms with Crippen molar-refractivity contribution < 1.29 is 9.59 Å². The van der Waals surface area contributed by atoms with Crippen molar-refractivity contribution in [3.63, 3.8) is 0 Å². The maximum Gasteiger partial charge on any atom is 0.272 e. The molecular formula is C22H20N4O2. The van der Waals surface area contributed by atoms with Crippen molar-refractivity contribution in [3.8, 4) is 0 Å². The van der Waals surface area contributed by atoms with Crippen molar-refractivity contribution in [2.75, 3.05) is 11.9 Å². The number of amides is 1. The van der Waals surface area contributed by atoms with Gasteiger partial charge in [0, 0.05) is 30.4 Å². The molecule has 0 radical (unpaired) electrons. The van der Waals surface area contributed by atoms with Crippen LogP contribution in [0.25, 0.3) is 0 Å². The summed E-state index contributed by atoms with van der Waals surface area (Å²) in [4.78, 5) is 34.5. The molecule has 2 aromatic carbocycles. The second-order valence-corrected chi connectivity index (χ2v) is 6.79. The molecule has 2 heterocycles. The Morgan fingerprint density at radius 2 is 1.75 bits per heavy atom. The molecule has 140 valence electrons. The lowest BCUT2D eigenvalue weighted by molar-refractivity contribution is 0.0728. The van der Waals surface area contributed by atoms with E-state index < -0.39 is 0 Å². The van der Waals surface area contributed by atoms with Crippen molar-refractivity contribution in [2.24, 2.45) is 0 Å². The molecule has 4 rings (SSSR count). The highest BCUT2D eigenvalue weighted by atomic mass is 16.2. The number of anilines is 2. The molecule has 0 spiro atoms. The van der Waals surface area contributed by atoms with E-state index in [-0.39, 0.29) is 11.7 Å². The zero-order valence-electron chi connectivity index (χ0n) is 15.6. The first-order chi connectivity index (χ1) is 13.6. The van der Waals surface area contributed by atoms with Crippen LogP contribution in [0.1, 0.15) is 38.9 Å². The Morgan fingerprint density at radius 1 is 1.00 bits per heavy atom. The van der Waals surface area contributed by atoms with Crippen molar-refractivity contribution >= 4 is 23.2 Å². The van der Waals surface area contributed by atoms with E-state index in [9.17, 15) is 9.59 Å². The highest BCUT2D eigenvalue weighted by Crippen LogP contribution is 2.21. The van der Waals surface area contributed by atoms with E-state index in [1.165, 1.54) is 24.4 Å². The molecule has 1 aliphatic heterocycles.